The minimum absolute atomic E-state index is 0.135. The van der Waals surface area contributed by atoms with Gasteiger partial charge in [0, 0.05) is 23.7 Å². The summed E-state index contributed by atoms with van der Waals surface area (Å²) in [4.78, 5) is 12.2. The molecule has 2 unspecified atom stereocenters. The van der Waals surface area contributed by atoms with Crippen molar-refractivity contribution in [3.05, 3.63) is 22.1 Å². The van der Waals surface area contributed by atoms with Crippen LogP contribution < -0.4 is 5.56 Å². The van der Waals surface area contributed by atoms with Crippen molar-refractivity contribution < 1.29 is 0 Å². The van der Waals surface area contributed by atoms with Gasteiger partial charge < -0.3 is 4.57 Å². The van der Waals surface area contributed by atoms with Crippen molar-refractivity contribution in [1.82, 2.24) is 14.3 Å². The fourth-order valence-electron chi connectivity index (χ4n) is 3.65. The molecule has 0 saturated heterocycles. The van der Waals surface area contributed by atoms with Crippen molar-refractivity contribution in [1.29, 1.82) is 0 Å². The van der Waals surface area contributed by atoms with E-state index in [2.05, 4.69) is 15.7 Å². The van der Waals surface area contributed by atoms with Gasteiger partial charge in [0.1, 0.15) is 5.65 Å². The number of H-pyrrole nitrogens is 1. The molecule has 2 aromatic heterocycles. The first-order valence-electron chi connectivity index (χ1n) is 6.52. The standard InChI is InChI=1S/C13H17N3O/c1-7(2)16-13(17)10-6-11-8-3-4-9(5-8)15(11)12(10)14-16/h6-9,14H,3-5H2,1-2H3. The van der Waals surface area contributed by atoms with Gasteiger partial charge >= 0.3 is 0 Å². The smallest absolute Gasteiger partial charge is 0.276 e. The largest absolute Gasteiger partial charge is 0.327 e. The van der Waals surface area contributed by atoms with Crippen LogP contribution in [-0.2, 0) is 0 Å². The lowest BCUT2D eigenvalue weighted by molar-refractivity contribution is 0.504. The maximum Gasteiger partial charge on any atom is 0.276 e. The molecule has 2 bridgehead atoms. The highest BCUT2D eigenvalue weighted by Gasteiger charge is 2.39. The lowest BCUT2D eigenvalue weighted by Gasteiger charge is -2.15. The van der Waals surface area contributed by atoms with Crippen LogP contribution >= 0.6 is 0 Å². The molecule has 2 atom stereocenters. The number of hydrogen-bond acceptors (Lipinski definition) is 1. The summed E-state index contributed by atoms with van der Waals surface area (Å²) in [6.45, 7) is 4.07. The second-order valence-electron chi connectivity index (χ2n) is 5.75. The van der Waals surface area contributed by atoms with Crippen molar-refractivity contribution in [2.45, 2.75) is 51.1 Å². The fourth-order valence-corrected chi connectivity index (χ4v) is 3.65. The average Bonchev–Trinajstić information content (AvgIpc) is 2.97. The Hall–Kier alpha value is -1.45. The SMILES string of the molecule is CC(C)n1[nH]c2c(cc3n2C2CCC3C2)c1=O. The van der Waals surface area contributed by atoms with Gasteiger partial charge in [0.2, 0.25) is 0 Å². The third-order valence-corrected chi connectivity index (χ3v) is 4.45. The first-order valence-corrected chi connectivity index (χ1v) is 6.52. The third kappa shape index (κ3) is 1.01. The van der Waals surface area contributed by atoms with Crippen LogP contribution in [0.2, 0.25) is 0 Å². The summed E-state index contributed by atoms with van der Waals surface area (Å²) in [7, 11) is 0. The molecule has 2 aliphatic rings. The molecule has 4 nitrogen and oxygen atoms in total. The molecule has 1 aliphatic carbocycles. The Kier molecular flexibility index (Phi) is 1.61. The van der Waals surface area contributed by atoms with Crippen molar-refractivity contribution in [2.24, 2.45) is 0 Å². The Labute approximate surface area is 99.2 Å². The maximum atomic E-state index is 12.2. The van der Waals surface area contributed by atoms with Gasteiger partial charge in [-0.2, -0.15) is 0 Å². The van der Waals surface area contributed by atoms with Crippen molar-refractivity contribution >= 4 is 11.0 Å². The first-order chi connectivity index (χ1) is 8.16. The predicted molar refractivity (Wildman–Crippen MR) is 66.6 cm³/mol. The van der Waals surface area contributed by atoms with Crippen LogP contribution in [0.25, 0.3) is 11.0 Å². The van der Waals surface area contributed by atoms with E-state index in [-0.39, 0.29) is 11.6 Å². The molecule has 0 amide bonds. The topological polar surface area (TPSA) is 42.7 Å². The van der Waals surface area contributed by atoms with Gasteiger partial charge in [0.15, 0.2) is 0 Å². The highest BCUT2D eigenvalue weighted by molar-refractivity contribution is 5.78. The zero-order valence-electron chi connectivity index (χ0n) is 10.2. The van der Waals surface area contributed by atoms with Gasteiger partial charge in [-0.3, -0.25) is 9.89 Å². The normalized spacial score (nSPS) is 26.3. The number of rotatable bonds is 1. The van der Waals surface area contributed by atoms with Gasteiger partial charge in [-0.05, 0) is 39.2 Å². The number of nitrogens with one attached hydrogen (secondary N) is 1. The monoisotopic (exact) mass is 231 g/mol. The maximum absolute atomic E-state index is 12.2. The molecule has 0 aromatic carbocycles. The van der Waals surface area contributed by atoms with Gasteiger partial charge in [-0.1, -0.05) is 0 Å². The molecular formula is C13H17N3O. The Morgan fingerprint density at radius 1 is 1.41 bits per heavy atom. The van der Waals surface area contributed by atoms with Crippen molar-refractivity contribution in [2.75, 3.05) is 0 Å². The Morgan fingerprint density at radius 3 is 3.00 bits per heavy atom. The summed E-state index contributed by atoms with van der Waals surface area (Å²) in [5.41, 5.74) is 2.57. The van der Waals surface area contributed by atoms with Crippen LogP contribution in [0.3, 0.4) is 0 Å². The zero-order chi connectivity index (χ0) is 11.7. The second kappa shape index (κ2) is 2.86. The van der Waals surface area contributed by atoms with E-state index >= 15 is 0 Å². The van der Waals surface area contributed by atoms with Gasteiger partial charge in [-0.15, -0.1) is 0 Å². The molecule has 1 N–H and O–H groups in total. The molecule has 90 valence electrons. The molecular weight excluding hydrogens is 214 g/mol. The Morgan fingerprint density at radius 2 is 2.24 bits per heavy atom. The van der Waals surface area contributed by atoms with Gasteiger partial charge in [0.25, 0.3) is 5.56 Å². The molecule has 0 spiro atoms. The molecule has 4 heteroatoms. The van der Waals surface area contributed by atoms with Gasteiger partial charge in [-0.25, -0.2) is 4.68 Å². The second-order valence-corrected chi connectivity index (χ2v) is 5.75. The summed E-state index contributed by atoms with van der Waals surface area (Å²) >= 11 is 0. The molecule has 2 aromatic rings. The lowest BCUT2D eigenvalue weighted by Crippen LogP contribution is -2.18. The van der Waals surface area contributed by atoms with Crippen LogP contribution in [0.15, 0.2) is 10.9 Å². The fraction of sp³-hybridized carbons (Fsp3) is 0.615. The highest BCUT2D eigenvalue weighted by atomic mass is 16.1. The number of aromatic nitrogens is 3. The van der Waals surface area contributed by atoms with E-state index in [1.165, 1.54) is 25.0 Å². The van der Waals surface area contributed by atoms with Gasteiger partial charge in [0.05, 0.1) is 5.39 Å². The Balaban J connectivity index is 2.05. The summed E-state index contributed by atoms with van der Waals surface area (Å²) in [5, 5.41) is 4.18. The van der Waals surface area contributed by atoms with E-state index in [1.54, 1.807) is 4.68 Å². The first kappa shape index (κ1) is 9.57. The summed E-state index contributed by atoms with van der Waals surface area (Å²) < 4.78 is 4.12. The number of aromatic amines is 1. The minimum atomic E-state index is 0.135. The van der Waals surface area contributed by atoms with Crippen molar-refractivity contribution in [3.63, 3.8) is 0 Å². The van der Waals surface area contributed by atoms with Crippen LogP contribution in [0.4, 0.5) is 0 Å². The molecule has 4 rings (SSSR count). The number of hydrogen-bond donors (Lipinski definition) is 1. The van der Waals surface area contributed by atoms with E-state index in [1.807, 2.05) is 13.8 Å². The molecule has 1 saturated carbocycles. The van der Waals surface area contributed by atoms with E-state index in [4.69, 9.17) is 0 Å². The minimum Gasteiger partial charge on any atom is -0.327 e. The van der Waals surface area contributed by atoms with Crippen LogP contribution in [0.5, 0.6) is 0 Å². The number of fused-ring (bicyclic) bond motifs is 7. The number of nitrogens with zero attached hydrogens (tertiary/aromatic N) is 2. The average molecular weight is 231 g/mol. The lowest BCUT2D eigenvalue weighted by atomic mass is 10.1. The van der Waals surface area contributed by atoms with Crippen LogP contribution in [-0.4, -0.2) is 14.3 Å². The summed E-state index contributed by atoms with van der Waals surface area (Å²) in [5.74, 6) is 0.702. The van der Waals surface area contributed by atoms with Crippen LogP contribution in [0.1, 0.15) is 56.8 Å². The molecule has 17 heavy (non-hydrogen) atoms. The molecule has 0 radical (unpaired) electrons. The van der Waals surface area contributed by atoms with Crippen molar-refractivity contribution in [3.8, 4) is 0 Å². The summed E-state index contributed by atoms with van der Waals surface area (Å²) in [6.07, 6.45) is 3.85. The highest BCUT2D eigenvalue weighted by Crippen LogP contribution is 2.50. The van der Waals surface area contributed by atoms with Crippen LogP contribution in [0, 0.1) is 0 Å². The quantitative estimate of drug-likeness (QED) is 0.805. The third-order valence-electron chi connectivity index (χ3n) is 4.45. The Bertz CT molecular complexity index is 658. The molecule has 3 heterocycles. The van der Waals surface area contributed by atoms with E-state index < -0.39 is 0 Å². The molecule has 1 aliphatic heterocycles. The van der Waals surface area contributed by atoms with E-state index in [0.717, 1.165) is 11.0 Å². The zero-order valence-corrected chi connectivity index (χ0v) is 10.2. The summed E-state index contributed by atoms with van der Waals surface area (Å²) in [6, 6.07) is 2.95. The molecule has 1 fully saturated rings. The predicted octanol–water partition coefficient (Wildman–Crippen LogP) is 2.53. The van der Waals surface area contributed by atoms with E-state index in [9.17, 15) is 4.79 Å². The van der Waals surface area contributed by atoms with E-state index in [0.29, 0.717) is 12.0 Å².